The molecule has 11 heteroatoms. The summed E-state index contributed by atoms with van der Waals surface area (Å²) >= 11 is 0. The molecule has 2 fully saturated rings. The molecule has 0 bridgehead atoms. The van der Waals surface area contributed by atoms with E-state index >= 15 is 0 Å². The number of aromatic nitrogens is 3. The first-order chi connectivity index (χ1) is 14.9. The third-order valence-corrected chi connectivity index (χ3v) is 7.73. The maximum atomic E-state index is 13.1. The molecule has 10 nitrogen and oxygen atoms in total. The number of hydrogen-bond acceptors (Lipinski definition) is 8. The summed E-state index contributed by atoms with van der Waals surface area (Å²) in [5.41, 5.74) is 0.706. The van der Waals surface area contributed by atoms with E-state index < -0.39 is 15.8 Å². The van der Waals surface area contributed by atoms with E-state index in [-0.39, 0.29) is 4.90 Å². The van der Waals surface area contributed by atoms with E-state index in [9.17, 15) is 13.2 Å². The normalized spacial score (nSPS) is 18.2. The maximum Gasteiger partial charge on any atom is 0.417 e. The summed E-state index contributed by atoms with van der Waals surface area (Å²) in [5.74, 6) is 1.89. The van der Waals surface area contributed by atoms with E-state index in [1.807, 2.05) is 13.0 Å². The molecule has 2 saturated heterocycles. The van der Waals surface area contributed by atoms with E-state index in [0.29, 0.717) is 37.3 Å². The van der Waals surface area contributed by atoms with Crippen molar-refractivity contribution in [3.05, 3.63) is 40.6 Å². The van der Waals surface area contributed by atoms with Gasteiger partial charge < -0.3 is 14.2 Å². The second-order valence-corrected chi connectivity index (χ2v) is 9.83. The van der Waals surface area contributed by atoms with Crippen LogP contribution in [0.25, 0.3) is 11.1 Å². The Morgan fingerprint density at radius 3 is 2.26 bits per heavy atom. The van der Waals surface area contributed by atoms with E-state index in [0.717, 1.165) is 30.5 Å². The Labute approximate surface area is 179 Å². The van der Waals surface area contributed by atoms with Crippen molar-refractivity contribution >= 4 is 32.8 Å². The summed E-state index contributed by atoms with van der Waals surface area (Å²) < 4.78 is 32.7. The number of fused-ring (bicyclic) bond motifs is 1. The summed E-state index contributed by atoms with van der Waals surface area (Å²) in [7, 11) is -3.68. The number of sulfonamides is 1. The smallest absolute Gasteiger partial charge is 0.408 e. The predicted molar refractivity (Wildman–Crippen MR) is 116 cm³/mol. The number of aryl methyl sites for hydroxylation is 1. The number of benzene rings is 1. The van der Waals surface area contributed by atoms with E-state index in [4.69, 9.17) is 4.42 Å². The van der Waals surface area contributed by atoms with Gasteiger partial charge in [-0.15, -0.1) is 0 Å². The number of hydrogen-bond donors (Lipinski definition) is 1. The first-order valence-corrected chi connectivity index (χ1v) is 11.8. The Morgan fingerprint density at radius 1 is 0.935 bits per heavy atom. The number of nitrogens with zero attached hydrogens (tertiary/aromatic N) is 5. The van der Waals surface area contributed by atoms with E-state index in [1.54, 1.807) is 0 Å². The predicted octanol–water partition coefficient (Wildman–Crippen LogP) is 1.33. The molecule has 0 atom stereocenters. The molecule has 0 radical (unpaired) electrons. The number of aromatic amines is 1. The average Bonchev–Trinajstić information content (AvgIpc) is 3.42. The summed E-state index contributed by atoms with van der Waals surface area (Å²) in [5, 5.41) is 0. The third-order valence-electron chi connectivity index (χ3n) is 5.83. The van der Waals surface area contributed by atoms with Crippen LogP contribution in [-0.4, -0.2) is 66.9 Å². The third kappa shape index (κ3) is 3.79. The maximum absolute atomic E-state index is 13.1. The van der Waals surface area contributed by atoms with Gasteiger partial charge in [0.2, 0.25) is 10.0 Å². The summed E-state index contributed by atoms with van der Waals surface area (Å²) in [4.78, 5) is 27.5. The van der Waals surface area contributed by atoms with Gasteiger partial charge in [-0.05, 0) is 38.0 Å². The molecule has 2 aliphatic rings. The van der Waals surface area contributed by atoms with Crippen molar-refractivity contribution in [2.24, 2.45) is 0 Å². The fraction of sp³-hybridized carbons (Fsp3) is 0.450. The SMILES string of the molecule is Cc1nc(N2CCCC2)cc(N2CCN(S(=O)(=O)c3ccc4oc(=O)[nH]c4c3)CC2)n1. The zero-order chi connectivity index (χ0) is 21.6. The lowest BCUT2D eigenvalue weighted by atomic mass is 10.3. The first-order valence-electron chi connectivity index (χ1n) is 10.4. The number of piperazine rings is 1. The summed E-state index contributed by atoms with van der Waals surface area (Å²) in [6.07, 6.45) is 2.35. The molecule has 0 saturated carbocycles. The highest BCUT2D eigenvalue weighted by Gasteiger charge is 2.30. The van der Waals surface area contributed by atoms with E-state index in [2.05, 4.69) is 24.8 Å². The van der Waals surface area contributed by atoms with Crippen LogP contribution in [0.15, 0.2) is 38.4 Å². The number of nitrogens with one attached hydrogen (secondary N) is 1. The van der Waals surface area contributed by atoms with Crippen molar-refractivity contribution in [1.29, 1.82) is 0 Å². The minimum Gasteiger partial charge on any atom is -0.408 e. The van der Waals surface area contributed by atoms with Crippen LogP contribution in [0.4, 0.5) is 11.6 Å². The molecule has 4 heterocycles. The molecule has 0 unspecified atom stereocenters. The van der Waals surface area contributed by atoms with Crippen molar-refractivity contribution in [2.75, 3.05) is 49.1 Å². The second-order valence-electron chi connectivity index (χ2n) is 7.89. The number of anilines is 2. The average molecular weight is 445 g/mol. The minimum atomic E-state index is -3.68. The van der Waals surface area contributed by atoms with Gasteiger partial charge in [0.05, 0.1) is 10.4 Å². The zero-order valence-electron chi connectivity index (χ0n) is 17.2. The highest BCUT2D eigenvalue weighted by Crippen LogP contribution is 2.25. The first kappa shape index (κ1) is 20.0. The van der Waals surface area contributed by atoms with Gasteiger partial charge in [0.1, 0.15) is 17.5 Å². The number of oxazole rings is 1. The van der Waals surface area contributed by atoms with Crippen molar-refractivity contribution in [3.63, 3.8) is 0 Å². The molecule has 0 spiro atoms. The molecule has 0 amide bonds. The summed E-state index contributed by atoms with van der Waals surface area (Å²) in [6, 6.07) is 6.42. The van der Waals surface area contributed by atoms with Crippen LogP contribution < -0.4 is 15.6 Å². The molecule has 1 N–H and O–H groups in total. The van der Waals surface area contributed by atoms with Gasteiger partial charge in [-0.3, -0.25) is 4.98 Å². The van der Waals surface area contributed by atoms with Crippen LogP contribution >= 0.6 is 0 Å². The lowest BCUT2D eigenvalue weighted by molar-refractivity contribution is 0.383. The van der Waals surface area contributed by atoms with Crippen LogP contribution in [0.1, 0.15) is 18.7 Å². The van der Waals surface area contributed by atoms with Crippen LogP contribution in [0.2, 0.25) is 0 Å². The van der Waals surface area contributed by atoms with Gasteiger partial charge in [0, 0.05) is 45.3 Å². The van der Waals surface area contributed by atoms with Gasteiger partial charge in [-0.25, -0.2) is 23.2 Å². The number of rotatable bonds is 4. The quantitative estimate of drug-likeness (QED) is 0.641. The monoisotopic (exact) mass is 444 g/mol. The van der Waals surface area contributed by atoms with Crippen molar-refractivity contribution < 1.29 is 12.8 Å². The molecule has 3 aromatic rings. The highest BCUT2D eigenvalue weighted by molar-refractivity contribution is 7.89. The van der Waals surface area contributed by atoms with E-state index in [1.165, 1.54) is 35.3 Å². The van der Waals surface area contributed by atoms with Crippen molar-refractivity contribution in [1.82, 2.24) is 19.3 Å². The molecule has 31 heavy (non-hydrogen) atoms. The van der Waals surface area contributed by atoms with Gasteiger partial charge in [-0.1, -0.05) is 0 Å². The molecule has 1 aromatic carbocycles. The fourth-order valence-electron chi connectivity index (χ4n) is 4.21. The summed E-state index contributed by atoms with van der Waals surface area (Å²) in [6.45, 7) is 5.69. The van der Waals surface area contributed by atoms with Crippen molar-refractivity contribution in [2.45, 2.75) is 24.7 Å². The minimum absolute atomic E-state index is 0.139. The molecule has 2 aliphatic heterocycles. The number of H-pyrrole nitrogens is 1. The largest absolute Gasteiger partial charge is 0.417 e. The molecule has 2 aromatic heterocycles. The molecular formula is C20H24N6O4S. The molecule has 5 rings (SSSR count). The Morgan fingerprint density at radius 2 is 1.58 bits per heavy atom. The van der Waals surface area contributed by atoms with Crippen molar-refractivity contribution in [3.8, 4) is 0 Å². The molecular weight excluding hydrogens is 420 g/mol. The standard InChI is InChI=1S/C20H24N6O4S/c1-14-21-18(24-6-2-3-7-24)13-19(22-14)25-8-10-26(11-9-25)31(28,29)15-4-5-17-16(12-15)23-20(27)30-17/h4-5,12-13H,2-3,6-11H2,1H3,(H,23,27). The topological polar surface area (TPSA) is 116 Å². The molecule has 164 valence electrons. The Hall–Kier alpha value is -2.92. The Bertz CT molecular complexity index is 1270. The zero-order valence-corrected chi connectivity index (χ0v) is 18.1. The van der Waals surface area contributed by atoms with Crippen LogP contribution in [0.3, 0.4) is 0 Å². The van der Waals surface area contributed by atoms with Gasteiger partial charge >= 0.3 is 5.76 Å². The molecule has 0 aliphatic carbocycles. The second kappa shape index (κ2) is 7.65. The van der Waals surface area contributed by atoms with Crippen LogP contribution in [0.5, 0.6) is 0 Å². The van der Waals surface area contributed by atoms with Gasteiger partial charge in [0.15, 0.2) is 5.58 Å². The highest BCUT2D eigenvalue weighted by atomic mass is 32.2. The fourth-order valence-corrected chi connectivity index (χ4v) is 5.65. The van der Waals surface area contributed by atoms with Crippen LogP contribution in [0, 0.1) is 6.92 Å². The lowest BCUT2D eigenvalue weighted by Gasteiger charge is -2.35. The van der Waals surface area contributed by atoms with Crippen LogP contribution in [-0.2, 0) is 10.0 Å². The van der Waals surface area contributed by atoms with Gasteiger partial charge in [-0.2, -0.15) is 4.31 Å². The Balaban J connectivity index is 1.33. The van der Waals surface area contributed by atoms with Gasteiger partial charge in [0.25, 0.3) is 0 Å². The lowest BCUT2D eigenvalue weighted by Crippen LogP contribution is -2.49. The Kier molecular flexibility index (Phi) is 4.94.